The van der Waals surface area contributed by atoms with Crippen molar-refractivity contribution in [2.45, 2.75) is 19.3 Å². The lowest BCUT2D eigenvalue weighted by molar-refractivity contribution is -0.134. The van der Waals surface area contributed by atoms with Crippen LogP contribution in [0.2, 0.25) is 0 Å². The number of likely N-dealkylation sites (tertiary alicyclic amines) is 1. The van der Waals surface area contributed by atoms with Crippen LogP contribution in [0.4, 0.5) is 20.5 Å². The quantitative estimate of drug-likeness (QED) is 0.501. The van der Waals surface area contributed by atoms with Crippen LogP contribution in [0.3, 0.4) is 0 Å². The number of rotatable bonds is 7. The van der Waals surface area contributed by atoms with E-state index in [-0.39, 0.29) is 23.6 Å². The van der Waals surface area contributed by atoms with Gasteiger partial charge in [0.25, 0.3) is 6.43 Å². The number of aromatic nitrogens is 4. The van der Waals surface area contributed by atoms with Crippen LogP contribution in [0.5, 0.6) is 0 Å². The Morgan fingerprint density at radius 1 is 1.05 bits per heavy atom. The van der Waals surface area contributed by atoms with E-state index in [0.29, 0.717) is 81.2 Å². The second kappa shape index (κ2) is 10.8. The van der Waals surface area contributed by atoms with Gasteiger partial charge in [-0.25, -0.2) is 13.8 Å². The topological polar surface area (TPSA) is 97.6 Å². The monoisotopic (exact) mass is 527 g/mol. The van der Waals surface area contributed by atoms with E-state index in [9.17, 15) is 13.6 Å². The van der Waals surface area contributed by atoms with Crippen LogP contribution in [0.25, 0.3) is 16.9 Å². The molecule has 3 aliphatic rings. The van der Waals surface area contributed by atoms with E-state index in [1.165, 1.54) is 4.57 Å². The number of fused-ring (bicyclic) bond motifs is 1. The predicted molar refractivity (Wildman–Crippen MR) is 137 cm³/mol. The summed E-state index contributed by atoms with van der Waals surface area (Å²) in [4.78, 5) is 30.3. The Labute approximate surface area is 218 Å². The van der Waals surface area contributed by atoms with E-state index in [0.717, 1.165) is 19.4 Å². The van der Waals surface area contributed by atoms with Gasteiger partial charge in [-0.2, -0.15) is 9.97 Å². The van der Waals surface area contributed by atoms with Gasteiger partial charge in [-0.15, -0.1) is 0 Å². The number of nitrogens with zero attached hydrogens (tertiary/aromatic N) is 6. The summed E-state index contributed by atoms with van der Waals surface area (Å²) >= 11 is 0. The number of morpholine rings is 1. The average molecular weight is 528 g/mol. The molecule has 3 fully saturated rings. The number of halogens is 2. The van der Waals surface area contributed by atoms with Crippen LogP contribution in [0.15, 0.2) is 30.3 Å². The SMILES string of the molecule is O=C(C1CCOC1)N1CC[C@H](CNc2cc(-n3c(C(F)F)nc4ccccc43)nc(N3CCOCC3)n2)C1. The van der Waals surface area contributed by atoms with Crippen LogP contribution in [0, 0.1) is 11.8 Å². The largest absolute Gasteiger partial charge is 0.381 e. The number of hydrogen-bond acceptors (Lipinski definition) is 8. The molecule has 10 nitrogen and oxygen atoms in total. The molecule has 3 aliphatic heterocycles. The predicted octanol–water partition coefficient (Wildman–Crippen LogP) is 2.89. The maximum absolute atomic E-state index is 14.1. The number of nitrogens with one attached hydrogen (secondary N) is 1. The van der Waals surface area contributed by atoms with Gasteiger partial charge in [0, 0.05) is 45.4 Å². The van der Waals surface area contributed by atoms with Gasteiger partial charge in [-0.1, -0.05) is 12.1 Å². The normalized spacial score (nSPS) is 22.1. The highest BCUT2D eigenvalue weighted by Gasteiger charge is 2.33. The zero-order valence-electron chi connectivity index (χ0n) is 21.1. The van der Waals surface area contributed by atoms with Crippen LogP contribution < -0.4 is 10.2 Å². The Kier molecular flexibility index (Phi) is 7.07. The van der Waals surface area contributed by atoms with Crippen LogP contribution in [0.1, 0.15) is 25.1 Å². The van der Waals surface area contributed by atoms with Gasteiger partial charge in [0.15, 0.2) is 5.82 Å². The number of para-hydroxylation sites is 2. The fraction of sp³-hybridized carbons (Fsp3) is 0.538. The van der Waals surface area contributed by atoms with Crippen molar-refractivity contribution in [2.75, 3.05) is 69.4 Å². The molecule has 202 valence electrons. The second-order valence-corrected chi connectivity index (χ2v) is 9.99. The first kappa shape index (κ1) is 24.9. The van der Waals surface area contributed by atoms with E-state index < -0.39 is 6.43 Å². The third-order valence-electron chi connectivity index (χ3n) is 7.45. The minimum absolute atomic E-state index is 0.0313. The Morgan fingerprint density at radius 2 is 1.89 bits per heavy atom. The third kappa shape index (κ3) is 5.02. The van der Waals surface area contributed by atoms with E-state index in [4.69, 9.17) is 19.4 Å². The lowest BCUT2D eigenvalue weighted by Gasteiger charge is -2.27. The summed E-state index contributed by atoms with van der Waals surface area (Å²) in [5.41, 5.74) is 1.04. The van der Waals surface area contributed by atoms with Crippen molar-refractivity contribution >= 4 is 28.7 Å². The third-order valence-corrected chi connectivity index (χ3v) is 7.45. The van der Waals surface area contributed by atoms with E-state index in [1.54, 1.807) is 30.3 Å². The first-order valence-electron chi connectivity index (χ1n) is 13.1. The summed E-state index contributed by atoms with van der Waals surface area (Å²) in [6, 6.07) is 8.74. The Balaban J connectivity index is 1.26. The maximum atomic E-state index is 14.1. The second-order valence-electron chi connectivity index (χ2n) is 9.99. The number of ether oxygens (including phenoxy) is 2. The molecule has 3 saturated heterocycles. The smallest absolute Gasteiger partial charge is 0.296 e. The van der Waals surface area contributed by atoms with Crippen LogP contribution in [-0.4, -0.2) is 89.5 Å². The summed E-state index contributed by atoms with van der Waals surface area (Å²) < 4.78 is 40.4. The summed E-state index contributed by atoms with van der Waals surface area (Å²) in [5.74, 6) is 1.38. The van der Waals surface area contributed by atoms with Crippen molar-refractivity contribution in [3.05, 3.63) is 36.2 Å². The number of alkyl halides is 2. The molecule has 1 unspecified atom stereocenters. The maximum Gasteiger partial charge on any atom is 0.296 e. The minimum Gasteiger partial charge on any atom is -0.381 e. The highest BCUT2D eigenvalue weighted by Crippen LogP contribution is 2.29. The molecular formula is C26H31F2N7O3. The molecular weight excluding hydrogens is 496 g/mol. The first-order chi connectivity index (χ1) is 18.6. The van der Waals surface area contributed by atoms with Crippen LogP contribution >= 0.6 is 0 Å². The molecule has 38 heavy (non-hydrogen) atoms. The van der Waals surface area contributed by atoms with Gasteiger partial charge in [-0.05, 0) is 30.9 Å². The van der Waals surface area contributed by atoms with Crippen LogP contribution in [-0.2, 0) is 14.3 Å². The van der Waals surface area contributed by atoms with Gasteiger partial charge in [-0.3, -0.25) is 9.36 Å². The van der Waals surface area contributed by atoms with Crippen molar-refractivity contribution < 1.29 is 23.0 Å². The molecule has 2 atom stereocenters. The molecule has 0 spiro atoms. The van der Waals surface area contributed by atoms with Crippen molar-refractivity contribution in [1.82, 2.24) is 24.4 Å². The lowest BCUT2D eigenvalue weighted by atomic mass is 10.1. The standard InChI is InChI=1S/C26H31F2N7O3/c27-23(28)24-30-19-3-1-2-4-20(19)35(24)22-13-21(31-26(32-22)33-8-11-37-12-9-33)29-14-17-5-7-34(15-17)25(36)18-6-10-38-16-18/h1-4,13,17-18,23H,5-12,14-16H2,(H,29,31,32)/t17-,18?/m1/s1. The van der Waals surface area contributed by atoms with E-state index in [2.05, 4.69) is 10.3 Å². The highest BCUT2D eigenvalue weighted by molar-refractivity contribution is 5.79. The Morgan fingerprint density at radius 3 is 2.68 bits per heavy atom. The van der Waals surface area contributed by atoms with Gasteiger partial charge < -0.3 is 24.6 Å². The number of benzene rings is 1. The minimum atomic E-state index is -2.77. The molecule has 12 heteroatoms. The van der Waals surface area contributed by atoms with Crippen molar-refractivity contribution in [1.29, 1.82) is 0 Å². The molecule has 3 aromatic rings. The molecule has 0 radical (unpaired) electrons. The lowest BCUT2D eigenvalue weighted by Crippen LogP contribution is -2.37. The zero-order chi connectivity index (χ0) is 26.1. The number of amides is 1. The number of imidazole rings is 1. The molecule has 0 bridgehead atoms. The molecule has 0 saturated carbocycles. The summed E-state index contributed by atoms with van der Waals surface area (Å²) in [7, 11) is 0. The van der Waals surface area contributed by atoms with Gasteiger partial charge in [0.05, 0.1) is 36.8 Å². The zero-order valence-corrected chi connectivity index (χ0v) is 21.1. The highest BCUT2D eigenvalue weighted by atomic mass is 19.3. The number of hydrogen-bond donors (Lipinski definition) is 1. The van der Waals surface area contributed by atoms with Gasteiger partial charge in [0.1, 0.15) is 11.6 Å². The number of carbonyl (C=O) groups excluding carboxylic acids is 1. The summed E-state index contributed by atoms with van der Waals surface area (Å²) in [6.07, 6.45) is -1.09. The van der Waals surface area contributed by atoms with E-state index >= 15 is 0 Å². The Bertz CT molecular complexity index is 1290. The first-order valence-corrected chi connectivity index (χ1v) is 13.1. The Hall–Kier alpha value is -3.38. The van der Waals surface area contributed by atoms with E-state index in [1.807, 2.05) is 9.80 Å². The van der Waals surface area contributed by atoms with Gasteiger partial charge >= 0.3 is 0 Å². The summed E-state index contributed by atoms with van der Waals surface area (Å²) in [5, 5.41) is 3.40. The molecule has 6 rings (SSSR count). The molecule has 1 amide bonds. The molecule has 1 N–H and O–H groups in total. The molecule has 0 aliphatic carbocycles. The number of anilines is 2. The van der Waals surface area contributed by atoms with Crippen molar-refractivity contribution in [2.24, 2.45) is 11.8 Å². The average Bonchev–Trinajstić information content (AvgIpc) is 3.72. The summed E-state index contributed by atoms with van der Waals surface area (Å²) in [6.45, 7) is 5.49. The van der Waals surface area contributed by atoms with Crippen molar-refractivity contribution in [3.63, 3.8) is 0 Å². The molecule has 2 aromatic heterocycles. The number of carbonyl (C=O) groups is 1. The fourth-order valence-electron chi connectivity index (χ4n) is 5.40. The molecule has 5 heterocycles. The van der Waals surface area contributed by atoms with Crippen molar-refractivity contribution in [3.8, 4) is 5.82 Å². The fourth-order valence-corrected chi connectivity index (χ4v) is 5.40. The molecule has 1 aromatic carbocycles. The van der Waals surface area contributed by atoms with Gasteiger partial charge in [0.2, 0.25) is 11.9 Å².